The second kappa shape index (κ2) is 7.37. The van der Waals surface area contributed by atoms with E-state index in [1.807, 2.05) is 12.1 Å². The number of carbonyl (C=O) groups excluding carboxylic acids is 1. The number of thioether (sulfide) groups is 1. The molecule has 2 N–H and O–H groups in total. The minimum absolute atomic E-state index is 0.114. The van der Waals surface area contributed by atoms with Crippen LogP contribution in [0.15, 0.2) is 52.3 Å². The zero-order valence-electron chi connectivity index (χ0n) is 13.5. The molecular formula is C17H17ClN2O3S2. The number of benzene rings is 2. The highest BCUT2D eigenvalue weighted by molar-refractivity contribution is 7.99. The van der Waals surface area contributed by atoms with Gasteiger partial charge in [0.2, 0.25) is 15.9 Å². The van der Waals surface area contributed by atoms with Crippen LogP contribution in [0.5, 0.6) is 0 Å². The molecule has 5 nitrogen and oxygen atoms in total. The molecule has 1 amide bonds. The van der Waals surface area contributed by atoms with Crippen LogP contribution in [0.2, 0.25) is 5.02 Å². The van der Waals surface area contributed by atoms with E-state index in [9.17, 15) is 13.2 Å². The molecule has 25 heavy (non-hydrogen) atoms. The molecule has 1 atom stereocenters. The van der Waals surface area contributed by atoms with Gasteiger partial charge in [0.1, 0.15) is 0 Å². The summed E-state index contributed by atoms with van der Waals surface area (Å²) in [7, 11) is -3.61. The highest BCUT2D eigenvalue weighted by Crippen LogP contribution is 2.33. The van der Waals surface area contributed by atoms with Crippen molar-refractivity contribution in [2.24, 2.45) is 0 Å². The van der Waals surface area contributed by atoms with E-state index < -0.39 is 10.0 Å². The van der Waals surface area contributed by atoms with Crippen molar-refractivity contribution in [3.8, 4) is 0 Å². The Morgan fingerprint density at radius 2 is 1.92 bits per heavy atom. The fraction of sp³-hybridized carbons (Fsp3) is 0.235. The molecule has 1 aliphatic heterocycles. The molecule has 0 aliphatic carbocycles. The Morgan fingerprint density at radius 1 is 1.20 bits per heavy atom. The molecule has 3 rings (SSSR count). The van der Waals surface area contributed by atoms with E-state index >= 15 is 0 Å². The number of rotatable bonds is 6. The molecule has 1 heterocycles. The smallest absolute Gasteiger partial charge is 0.240 e. The maximum absolute atomic E-state index is 12.4. The average Bonchev–Trinajstić information content (AvgIpc) is 2.87. The van der Waals surface area contributed by atoms with E-state index in [0.717, 1.165) is 4.90 Å². The normalized spacial score (nSPS) is 16.6. The zero-order valence-corrected chi connectivity index (χ0v) is 15.8. The molecule has 0 radical (unpaired) electrons. The van der Waals surface area contributed by atoms with Gasteiger partial charge in [-0.05, 0) is 55.0 Å². The van der Waals surface area contributed by atoms with Gasteiger partial charge in [-0.25, -0.2) is 13.1 Å². The molecule has 2 aromatic rings. The maximum Gasteiger partial charge on any atom is 0.240 e. The van der Waals surface area contributed by atoms with Gasteiger partial charge in [0.05, 0.1) is 10.8 Å². The Bertz CT molecular complexity index is 899. The minimum Gasteiger partial charge on any atom is -0.325 e. The fourth-order valence-electron chi connectivity index (χ4n) is 2.52. The van der Waals surface area contributed by atoms with E-state index in [0.29, 0.717) is 28.6 Å². The maximum atomic E-state index is 12.4. The lowest BCUT2D eigenvalue weighted by Gasteiger charge is -2.09. The van der Waals surface area contributed by atoms with Crippen molar-refractivity contribution >= 4 is 45.0 Å². The number of carbonyl (C=O) groups is 1. The third-order valence-electron chi connectivity index (χ3n) is 3.93. The predicted molar refractivity (Wildman–Crippen MR) is 101 cm³/mol. The summed E-state index contributed by atoms with van der Waals surface area (Å²) in [5, 5.41) is 3.40. The van der Waals surface area contributed by atoms with Crippen molar-refractivity contribution in [2.45, 2.75) is 22.6 Å². The monoisotopic (exact) mass is 396 g/mol. The van der Waals surface area contributed by atoms with E-state index in [-0.39, 0.29) is 16.7 Å². The van der Waals surface area contributed by atoms with Crippen molar-refractivity contribution in [3.63, 3.8) is 0 Å². The Kier molecular flexibility index (Phi) is 5.38. The Balaban J connectivity index is 1.61. The molecule has 0 saturated heterocycles. The summed E-state index contributed by atoms with van der Waals surface area (Å²) in [6, 6.07) is 12.1. The van der Waals surface area contributed by atoms with Crippen LogP contribution in [0.3, 0.4) is 0 Å². The highest BCUT2D eigenvalue weighted by atomic mass is 35.5. The Morgan fingerprint density at radius 3 is 2.64 bits per heavy atom. The summed E-state index contributed by atoms with van der Waals surface area (Å²) in [5.74, 6) is 0.143. The fourth-order valence-corrected chi connectivity index (χ4v) is 4.61. The quantitative estimate of drug-likeness (QED) is 0.579. The van der Waals surface area contributed by atoms with E-state index in [1.54, 1.807) is 43.0 Å². The van der Waals surface area contributed by atoms with Gasteiger partial charge in [0, 0.05) is 27.9 Å². The lowest BCUT2D eigenvalue weighted by molar-refractivity contribution is -0.116. The van der Waals surface area contributed by atoms with Gasteiger partial charge >= 0.3 is 0 Å². The predicted octanol–water partition coefficient (Wildman–Crippen LogP) is 3.47. The summed E-state index contributed by atoms with van der Waals surface area (Å²) in [6.07, 6.45) is 0. The number of fused-ring (bicyclic) bond motifs is 1. The topological polar surface area (TPSA) is 75.3 Å². The van der Waals surface area contributed by atoms with Crippen LogP contribution < -0.4 is 10.0 Å². The van der Waals surface area contributed by atoms with Gasteiger partial charge in [0.25, 0.3) is 0 Å². The summed E-state index contributed by atoms with van der Waals surface area (Å²) < 4.78 is 27.5. The molecule has 0 unspecified atom stereocenters. The number of nitrogens with one attached hydrogen (secondary N) is 2. The van der Waals surface area contributed by atoms with Gasteiger partial charge in [-0.1, -0.05) is 11.6 Å². The number of hydrogen-bond acceptors (Lipinski definition) is 4. The van der Waals surface area contributed by atoms with Crippen molar-refractivity contribution in [2.75, 3.05) is 17.6 Å². The molecule has 0 bridgehead atoms. The molecule has 0 aromatic heterocycles. The van der Waals surface area contributed by atoms with Crippen LogP contribution in [0.4, 0.5) is 5.69 Å². The van der Waals surface area contributed by atoms with Crippen LogP contribution in [0.25, 0.3) is 0 Å². The Labute approximate surface area is 156 Å². The van der Waals surface area contributed by atoms with Crippen LogP contribution in [0.1, 0.15) is 18.4 Å². The largest absolute Gasteiger partial charge is 0.325 e. The summed E-state index contributed by atoms with van der Waals surface area (Å²) in [6.45, 7) is 2.06. The van der Waals surface area contributed by atoms with Crippen LogP contribution >= 0.6 is 23.4 Å². The summed E-state index contributed by atoms with van der Waals surface area (Å²) in [4.78, 5) is 12.9. The number of amides is 1. The summed E-state index contributed by atoms with van der Waals surface area (Å²) >= 11 is 7.38. The second-order valence-corrected chi connectivity index (χ2v) is 9.03. The van der Waals surface area contributed by atoms with Crippen molar-refractivity contribution in [3.05, 3.63) is 53.1 Å². The van der Waals surface area contributed by atoms with E-state index in [4.69, 9.17) is 11.6 Å². The number of sulfonamides is 1. The third kappa shape index (κ3) is 4.17. The first-order chi connectivity index (χ1) is 11.9. The van der Waals surface area contributed by atoms with E-state index in [1.165, 1.54) is 6.07 Å². The average molecular weight is 397 g/mol. The van der Waals surface area contributed by atoms with Gasteiger partial charge in [-0.2, -0.15) is 0 Å². The first-order valence-corrected chi connectivity index (χ1v) is 10.5. The van der Waals surface area contributed by atoms with Crippen molar-refractivity contribution in [1.82, 2.24) is 4.72 Å². The SMILES string of the molecule is C[C@@H]1C(=O)Nc2ccc(S(=O)(=O)NCCSc3ccc(Cl)cc3)cc21. The van der Waals surface area contributed by atoms with Gasteiger partial charge in [-0.3, -0.25) is 4.79 Å². The molecule has 0 spiro atoms. The zero-order chi connectivity index (χ0) is 18.0. The molecule has 1 aliphatic rings. The van der Waals surface area contributed by atoms with E-state index in [2.05, 4.69) is 10.0 Å². The first-order valence-electron chi connectivity index (χ1n) is 7.70. The Hall–Kier alpha value is -1.54. The highest BCUT2D eigenvalue weighted by Gasteiger charge is 2.28. The minimum atomic E-state index is -3.61. The van der Waals surface area contributed by atoms with Crippen molar-refractivity contribution in [1.29, 1.82) is 0 Å². The second-order valence-electron chi connectivity index (χ2n) is 5.66. The molecule has 132 valence electrons. The number of halogens is 1. The van der Waals surface area contributed by atoms with Crippen LogP contribution in [-0.2, 0) is 14.8 Å². The lowest BCUT2D eigenvalue weighted by Crippen LogP contribution is -2.26. The lowest BCUT2D eigenvalue weighted by atomic mass is 10.0. The van der Waals surface area contributed by atoms with Gasteiger partial charge in [-0.15, -0.1) is 11.8 Å². The number of anilines is 1. The van der Waals surface area contributed by atoms with Gasteiger partial charge < -0.3 is 5.32 Å². The molecule has 0 saturated carbocycles. The third-order valence-corrected chi connectivity index (χ3v) is 6.65. The molecule has 2 aromatic carbocycles. The van der Waals surface area contributed by atoms with Crippen molar-refractivity contribution < 1.29 is 13.2 Å². The number of hydrogen-bond donors (Lipinski definition) is 2. The van der Waals surface area contributed by atoms with Crippen LogP contribution in [-0.4, -0.2) is 26.6 Å². The molecule has 0 fully saturated rings. The molecular weight excluding hydrogens is 380 g/mol. The van der Waals surface area contributed by atoms with Crippen LogP contribution in [0, 0.1) is 0 Å². The van der Waals surface area contributed by atoms with Gasteiger partial charge in [0.15, 0.2) is 0 Å². The molecule has 8 heteroatoms. The first kappa shape index (κ1) is 18.3. The summed E-state index contributed by atoms with van der Waals surface area (Å²) in [5.41, 5.74) is 1.39. The standard InChI is InChI=1S/C17H17ClN2O3S2/c1-11-15-10-14(6-7-16(15)20-17(11)21)25(22,23)19-8-9-24-13-4-2-12(18)3-5-13/h2-7,10-11,19H,8-9H2,1H3,(H,20,21)/t11-/m0/s1.